The van der Waals surface area contributed by atoms with Crippen molar-refractivity contribution in [2.75, 3.05) is 119 Å². The quantitative estimate of drug-likeness (QED) is 0.0163. The average molecular weight is 2230 g/mol. The van der Waals surface area contributed by atoms with E-state index in [1.165, 1.54) is 113 Å². The average Bonchev–Trinajstić information content (AvgIpc) is 0.708. The predicted molar refractivity (Wildman–Crippen MR) is 588 cm³/mol. The molecule has 2 saturated heterocycles. The number of benzene rings is 13. The van der Waals surface area contributed by atoms with Crippen LogP contribution >= 0.6 is 0 Å². The summed E-state index contributed by atoms with van der Waals surface area (Å²) < 4.78 is 249. The monoisotopic (exact) mass is 2230 g/mol. The largest absolute Gasteiger partial charge is 0.512 e. The van der Waals surface area contributed by atoms with Crippen molar-refractivity contribution in [2.45, 2.75) is 178 Å². The third-order valence-electron chi connectivity index (χ3n) is 23.1. The molecular weight excluding hydrogens is 2090 g/mol. The van der Waals surface area contributed by atoms with E-state index < -0.39 is 104 Å². The molecule has 17 nitrogen and oxygen atoms in total. The minimum Gasteiger partial charge on any atom is -0.497 e. The fraction of sp³-hybridized carbons (Fsp3) is 0.316. The van der Waals surface area contributed by atoms with Crippen LogP contribution in [0.5, 0.6) is 5.75 Å². The normalized spacial score (nSPS) is 13.6. The highest BCUT2D eigenvalue weighted by Crippen LogP contribution is 2.56. The zero-order chi connectivity index (χ0) is 110. The second-order valence-corrected chi connectivity index (χ2v) is 51.0. The molecule has 0 unspecified atom stereocenters. The van der Waals surface area contributed by atoms with Crippen LogP contribution in [0.15, 0.2) is 435 Å². The predicted octanol–water partition coefficient (Wildman–Crippen LogP) is 25.6. The summed E-state index contributed by atoms with van der Waals surface area (Å²) in [6, 6.07) is 127. The van der Waals surface area contributed by atoms with Crippen LogP contribution in [-0.4, -0.2) is 202 Å². The van der Waals surface area contributed by atoms with Gasteiger partial charge in [0.05, 0.1) is 68.3 Å². The number of rotatable bonds is 36. The van der Waals surface area contributed by atoms with Crippen molar-refractivity contribution in [1.82, 2.24) is 27.9 Å². The van der Waals surface area contributed by atoms with Gasteiger partial charge in [0.2, 0.25) is 20.0 Å². The highest BCUT2D eigenvalue weighted by Gasteiger charge is 2.86. The number of nitrogens with one attached hydrogen (secondary N) is 2. The molecule has 0 aromatic heterocycles. The van der Waals surface area contributed by atoms with Gasteiger partial charge in [-0.1, -0.05) is 261 Å². The van der Waals surface area contributed by atoms with Crippen molar-refractivity contribution in [3.63, 3.8) is 0 Å². The van der Waals surface area contributed by atoms with E-state index in [1.807, 2.05) is 61.5 Å². The summed E-state index contributed by atoms with van der Waals surface area (Å²) in [6.45, 7) is 6.66. The Morgan fingerprint density at radius 1 is 0.327 bits per heavy atom. The Bertz CT molecular complexity index is 5970. The number of unbranched alkanes of at least 4 members (excludes halogenated alkanes) is 6. The molecule has 36 heteroatoms. The zero-order valence-corrected chi connectivity index (χ0v) is 92.6. The molecule has 150 heavy (non-hydrogen) atoms. The minimum atomic E-state index is -7.82. The van der Waals surface area contributed by atoms with Crippen LogP contribution in [-0.2, 0) is 88.4 Å². The van der Waals surface area contributed by atoms with E-state index in [1.54, 1.807) is 14.2 Å². The van der Waals surface area contributed by atoms with Crippen molar-refractivity contribution >= 4 is 89.4 Å². The first-order valence-electron chi connectivity index (χ1n) is 48.6. The number of nitrogens with zero attached hydrogens (tertiary/aromatic N) is 5. The lowest BCUT2D eigenvalue weighted by atomic mass is 10.1. The van der Waals surface area contributed by atoms with Crippen LogP contribution in [0.3, 0.4) is 0 Å². The highest BCUT2D eigenvalue weighted by atomic mass is 32.3. The summed E-state index contributed by atoms with van der Waals surface area (Å²) >= 11 is 0. The van der Waals surface area contributed by atoms with Crippen LogP contribution in [0.4, 0.5) is 54.0 Å². The lowest BCUT2D eigenvalue weighted by Gasteiger charge is -2.43. The number of likely N-dealkylation sites (tertiary alicyclic amines) is 1. The fourth-order valence-electron chi connectivity index (χ4n) is 14.8. The maximum Gasteiger partial charge on any atom is 0.512 e. The molecule has 2 aliphatic heterocycles. The van der Waals surface area contributed by atoms with Crippen LogP contribution in [0, 0.1) is 13.8 Å². The molecule has 15 rings (SSSR count). The van der Waals surface area contributed by atoms with Crippen LogP contribution < -0.4 is 17.9 Å². The van der Waals surface area contributed by atoms with Crippen molar-refractivity contribution in [3.05, 3.63) is 387 Å². The maximum absolute atomic E-state index is 14.0. The number of halogens is 11. The van der Waals surface area contributed by atoms with Gasteiger partial charge in [0.1, 0.15) is 5.75 Å². The van der Waals surface area contributed by atoms with Crippen molar-refractivity contribution in [3.8, 4) is 5.75 Å². The minimum absolute atomic E-state index is 0.0146. The van der Waals surface area contributed by atoms with E-state index in [4.69, 9.17) is 9.47 Å². The smallest absolute Gasteiger partial charge is 0.497 e. The molecule has 0 saturated carbocycles. The summed E-state index contributed by atoms with van der Waals surface area (Å²) in [7, 11) is -7.88. The number of ether oxygens (including phenoxy) is 2. The van der Waals surface area contributed by atoms with E-state index in [2.05, 4.69) is 389 Å². The molecule has 0 amide bonds. The molecule has 0 spiro atoms. The van der Waals surface area contributed by atoms with Crippen LogP contribution in [0.2, 0.25) is 0 Å². The van der Waals surface area contributed by atoms with Gasteiger partial charge in [0.25, 0.3) is 10.0 Å². The summed E-state index contributed by atoms with van der Waals surface area (Å²) in [5, 5.41) is -7.42. The lowest BCUT2D eigenvalue weighted by molar-refractivity contribution is -0.383. The Kier molecular flexibility index (Phi) is 51.2. The number of piperidine rings is 1. The SMILES string of the molecule is CCCCCCCCS(=O)(=O)NS(=O)(=O)CCCCN(C)C.CN1CCN(C(F)(F)C(F)(F)C(F)(F)C(F)(F)S(=O)(=O)NS(=O)(=O)C(F)(F)F)CC1.COC1CCN(C)CC1.COc1ccc(N(C)C)cc1.Cc1ccc([S+](c2ccccc2)c2ccccc2)cc1.Cc1ccc([S+](c2ccccc2)c2ccccc2)cc1.c1ccc([S+](c2ccccc2)c2ccccc2)cc1.c1ccc([S+](c2ccccc2)c2ccccc2)cc1. The number of anilines is 1. The van der Waals surface area contributed by atoms with Crippen LogP contribution in [0.25, 0.3) is 0 Å². The third-order valence-corrected chi connectivity index (χ3v) is 39.0. The van der Waals surface area contributed by atoms with Crippen molar-refractivity contribution in [2.24, 2.45) is 0 Å². The molecule has 2 aliphatic rings. The molecule has 2 fully saturated rings. The molecular formula is C114H136F11N7O10S8+4. The van der Waals surface area contributed by atoms with E-state index in [-0.39, 0.29) is 55.1 Å². The van der Waals surface area contributed by atoms with E-state index in [0.717, 1.165) is 50.8 Å². The van der Waals surface area contributed by atoms with E-state index in [0.29, 0.717) is 18.9 Å². The second kappa shape index (κ2) is 61.5. The number of alkyl halides is 11. The molecule has 13 aromatic carbocycles. The fourth-order valence-corrected chi connectivity index (χ4v) is 29.0. The Hall–Kier alpha value is -10.4. The summed E-state index contributed by atoms with van der Waals surface area (Å²) in [5.74, 6) is -14.1. The van der Waals surface area contributed by atoms with Gasteiger partial charge in [-0.2, -0.15) is 48.3 Å². The first kappa shape index (κ1) is 125. The molecule has 13 aromatic rings. The molecule has 808 valence electrons. The number of hydrogen-bond acceptors (Lipinski definition) is 15. The first-order chi connectivity index (χ1) is 71.3. The molecule has 0 bridgehead atoms. The number of likely N-dealkylation sites (N-methyl/N-ethyl adjacent to an activating group) is 1. The topological polar surface area (TPSA) is 195 Å². The Labute approximate surface area is 892 Å². The third kappa shape index (κ3) is 39.3. The van der Waals surface area contributed by atoms with E-state index in [9.17, 15) is 82.0 Å². The zero-order valence-electron chi connectivity index (χ0n) is 86.1. The van der Waals surface area contributed by atoms with Crippen LogP contribution in [0.1, 0.15) is 82.3 Å². The first-order valence-corrected chi connectivity index (χ1v) is 59.8. The maximum atomic E-state index is 14.0. The van der Waals surface area contributed by atoms with Gasteiger partial charge in [-0.3, -0.25) is 0 Å². The van der Waals surface area contributed by atoms with Crippen molar-refractivity contribution in [1.29, 1.82) is 0 Å². The lowest BCUT2D eigenvalue weighted by Crippen LogP contribution is -2.71. The molecule has 0 radical (unpaired) electrons. The summed E-state index contributed by atoms with van der Waals surface area (Å²) in [6.07, 6.45) is 9.86. The summed E-state index contributed by atoms with van der Waals surface area (Å²) in [5.41, 5.74) is -2.85. The molecule has 2 heterocycles. The van der Waals surface area contributed by atoms with Gasteiger partial charge in [-0.15, -0.1) is 4.13 Å². The number of aryl methyl sites for hydroxylation is 2. The summed E-state index contributed by atoms with van der Waals surface area (Å²) in [4.78, 5) is 23.3. The second-order valence-electron chi connectivity index (χ2n) is 35.3. The number of piperazine rings is 1. The van der Waals surface area contributed by atoms with Gasteiger partial charge >= 0.3 is 38.7 Å². The van der Waals surface area contributed by atoms with Gasteiger partial charge in [0.15, 0.2) is 58.7 Å². The standard InChI is InChI=1S/2C19H17S.2C18H15S.C14H32N2O4S2.C10H12F11N3O4S2.C9H13NO.C7H15NO/c2*1-16-12-14-19(15-13-16)20(17-8-4-2-5-9-17)18-10-6-3-7-11-18;2*1-4-10-16(11-5-1)19(17-12-6-2-7-13-17)18-14-8-3-9-15-18;1-4-5-6-7-8-10-13-21(17,18)15-22(19,20)14-11-9-12-16(2)3;1-23-2-4-24(5-3-23)8(15,16)6(11,12)7(13,14)9(17,18)29(25,26)22-30(27,28)10(19,20)21;1-10(2)8-4-6-9(11-3)7-5-8;1-8-5-3-7(9-2)4-6-8/h2*2-15H,1H3;2*1-15H;15H,4-14H2,1-3H3;22H,2-5H2,1H3;4-7H,1-3H3;7H,3-6H2,1-2H3/q4*+1;;;;. The van der Waals surface area contributed by atoms with E-state index >= 15 is 0 Å². The van der Waals surface area contributed by atoms with Gasteiger partial charge in [-0.05, 0) is 251 Å². The number of sulfonamides is 4. The molecule has 2 N–H and O–H groups in total. The van der Waals surface area contributed by atoms with Gasteiger partial charge < -0.3 is 29.1 Å². The van der Waals surface area contributed by atoms with Crippen molar-refractivity contribution < 1.29 is 91.4 Å². The number of methoxy groups -OCH3 is 2. The highest BCUT2D eigenvalue weighted by molar-refractivity contribution is 8.06. The van der Waals surface area contributed by atoms with Gasteiger partial charge in [0, 0.05) is 66.2 Å². The molecule has 0 atom stereocenters. The van der Waals surface area contributed by atoms with Gasteiger partial charge in [-0.25, -0.2) is 38.6 Å². The Balaban J connectivity index is 0.000000212. The molecule has 0 aliphatic carbocycles. The Morgan fingerprint density at radius 3 is 0.853 bits per heavy atom. The Morgan fingerprint density at radius 2 is 0.593 bits per heavy atom. The number of hydrogen-bond donors (Lipinski definition) is 2.